The van der Waals surface area contributed by atoms with Gasteiger partial charge in [-0.1, -0.05) is 59.1 Å². The molecule has 1 unspecified atom stereocenters. The molecule has 3 saturated carbocycles. The lowest BCUT2D eigenvalue weighted by atomic mass is 9.50. The van der Waals surface area contributed by atoms with Gasteiger partial charge in [0.1, 0.15) is 0 Å². The van der Waals surface area contributed by atoms with E-state index in [4.69, 9.17) is 0 Å². The Bertz CT molecular complexity index is 577. The Morgan fingerprint density at radius 2 is 1.82 bits per heavy atom. The summed E-state index contributed by atoms with van der Waals surface area (Å²) in [7, 11) is 0. The second kappa shape index (κ2) is 8.09. The summed E-state index contributed by atoms with van der Waals surface area (Å²) in [6.45, 7) is 12.4. The zero-order valence-electron chi connectivity index (χ0n) is 19.3. The lowest BCUT2D eigenvalue weighted by Gasteiger charge is -2.55. The standard InChI is InChI=1S/C27H46O/c1-17(2)18(3)6-7-19(4)22-10-11-24-23(22)12-13-26-25(24)9-8-20-16-21(28)14-15-27(20,26)5/h9,17-24,26,28H,6-8,10-16H2,1-5H3/t18-,19-,20+,21+,22-,23?,24-,26+,27+/m1/s1. The Hall–Kier alpha value is -0.300. The number of rotatable bonds is 5. The van der Waals surface area contributed by atoms with Gasteiger partial charge in [0.2, 0.25) is 0 Å². The lowest BCUT2D eigenvalue weighted by Crippen LogP contribution is -2.47. The molecule has 1 N–H and O–H groups in total. The summed E-state index contributed by atoms with van der Waals surface area (Å²) < 4.78 is 0. The first-order chi connectivity index (χ1) is 13.3. The van der Waals surface area contributed by atoms with Gasteiger partial charge in [-0.25, -0.2) is 0 Å². The van der Waals surface area contributed by atoms with E-state index in [9.17, 15) is 5.11 Å². The fourth-order valence-corrected chi connectivity index (χ4v) is 8.00. The first-order valence-corrected chi connectivity index (χ1v) is 12.7. The molecule has 0 radical (unpaired) electrons. The number of aliphatic hydroxyl groups is 1. The number of aliphatic hydroxyl groups excluding tert-OH is 1. The van der Waals surface area contributed by atoms with Gasteiger partial charge in [0.25, 0.3) is 0 Å². The van der Waals surface area contributed by atoms with Crippen molar-refractivity contribution < 1.29 is 5.11 Å². The number of hydrogen-bond donors (Lipinski definition) is 1. The Morgan fingerprint density at radius 1 is 1.04 bits per heavy atom. The van der Waals surface area contributed by atoms with Gasteiger partial charge in [-0.05, 0) is 104 Å². The monoisotopic (exact) mass is 386 g/mol. The van der Waals surface area contributed by atoms with Gasteiger partial charge in [-0.2, -0.15) is 0 Å². The van der Waals surface area contributed by atoms with E-state index < -0.39 is 0 Å². The van der Waals surface area contributed by atoms with Crippen molar-refractivity contribution >= 4 is 0 Å². The largest absolute Gasteiger partial charge is 0.393 e. The van der Waals surface area contributed by atoms with Crippen molar-refractivity contribution in [3.63, 3.8) is 0 Å². The highest BCUT2D eigenvalue weighted by atomic mass is 16.3. The van der Waals surface area contributed by atoms with E-state index in [0.717, 1.165) is 60.2 Å². The minimum atomic E-state index is -0.0331. The van der Waals surface area contributed by atoms with Gasteiger partial charge in [0, 0.05) is 0 Å². The SMILES string of the molecule is CC(C)[C@H](C)CC[C@@H](C)[C@H]1CC[C@H]2C3=CC[C@H]4C[C@@H](O)CC[C@]4(C)[C@H]3CCC21. The predicted octanol–water partition coefficient (Wildman–Crippen LogP) is 7.24. The first-order valence-electron chi connectivity index (χ1n) is 12.7. The fraction of sp³-hybridized carbons (Fsp3) is 0.926. The Labute approximate surface area is 174 Å². The van der Waals surface area contributed by atoms with Crippen LogP contribution in [0.4, 0.5) is 0 Å². The normalized spacial score (nSPS) is 45.0. The molecule has 28 heavy (non-hydrogen) atoms. The van der Waals surface area contributed by atoms with Crippen molar-refractivity contribution in [3.8, 4) is 0 Å². The molecule has 1 nitrogen and oxygen atoms in total. The molecule has 0 aromatic heterocycles. The van der Waals surface area contributed by atoms with Gasteiger partial charge >= 0.3 is 0 Å². The number of fused-ring (bicyclic) bond motifs is 5. The topological polar surface area (TPSA) is 20.2 Å². The van der Waals surface area contributed by atoms with Gasteiger partial charge in [0.15, 0.2) is 0 Å². The maximum atomic E-state index is 10.2. The summed E-state index contributed by atoms with van der Waals surface area (Å²) in [4.78, 5) is 0. The van der Waals surface area contributed by atoms with E-state index in [1.165, 1.54) is 51.4 Å². The third kappa shape index (κ3) is 3.63. The summed E-state index contributed by atoms with van der Waals surface area (Å²) >= 11 is 0. The average molecular weight is 387 g/mol. The van der Waals surface area contributed by atoms with Crippen LogP contribution in [0.25, 0.3) is 0 Å². The fourth-order valence-electron chi connectivity index (χ4n) is 8.00. The molecule has 9 atom stereocenters. The van der Waals surface area contributed by atoms with E-state index in [0.29, 0.717) is 5.41 Å². The molecule has 0 aromatic rings. The molecule has 0 aromatic carbocycles. The summed E-state index contributed by atoms with van der Waals surface area (Å²) in [6, 6.07) is 0. The third-order valence-electron chi connectivity index (χ3n) is 10.4. The number of allylic oxidation sites excluding steroid dienone is 2. The molecule has 0 aliphatic heterocycles. The van der Waals surface area contributed by atoms with Gasteiger partial charge < -0.3 is 5.11 Å². The van der Waals surface area contributed by atoms with E-state index in [-0.39, 0.29) is 6.10 Å². The van der Waals surface area contributed by atoms with Crippen molar-refractivity contribution in [1.29, 1.82) is 0 Å². The van der Waals surface area contributed by atoms with Crippen LogP contribution in [0.2, 0.25) is 0 Å². The quantitative estimate of drug-likeness (QED) is 0.493. The van der Waals surface area contributed by atoms with Crippen LogP contribution in [-0.2, 0) is 0 Å². The van der Waals surface area contributed by atoms with E-state index in [1.54, 1.807) is 0 Å². The van der Waals surface area contributed by atoms with Crippen LogP contribution in [0.3, 0.4) is 0 Å². The highest BCUT2D eigenvalue weighted by molar-refractivity contribution is 5.25. The molecule has 0 amide bonds. The highest BCUT2D eigenvalue weighted by Gasteiger charge is 2.53. The van der Waals surface area contributed by atoms with Crippen LogP contribution in [0.5, 0.6) is 0 Å². The third-order valence-corrected chi connectivity index (χ3v) is 10.4. The lowest BCUT2D eigenvalue weighted by molar-refractivity contribution is -0.0304. The van der Waals surface area contributed by atoms with Crippen molar-refractivity contribution in [2.75, 3.05) is 0 Å². The smallest absolute Gasteiger partial charge is 0.0543 e. The summed E-state index contributed by atoms with van der Waals surface area (Å²) in [5.41, 5.74) is 2.36. The van der Waals surface area contributed by atoms with Crippen LogP contribution >= 0.6 is 0 Å². The van der Waals surface area contributed by atoms with Crippen molar-refractivity contribution in [2.45, 2.75) is 105 Å². The Kier molecular flexibility index (Phi) is 6.05. The Morgan fingerprint density at radius 3 is 2.57 bits per heavy atom. The van der Waals surface area contributed by atoms with Gasteiger partial charge in [-0.3, -0.25) is 0 Å². The highest BCUT2D eigenvalue weighted by Crippen LogP contribution is 2.62. The van der Waals surface area contributed by atoms with Crippen LogP contribution < -0.4 is 0 Å². The van der Waals surface area contributed by atoms with E-state index >= 15 is 0 Å². The first kappa shape index (κ1) is 21.0. The maximum absolute atomic E-state index is 10.2. The molecule has 1 heteroatoms. The molecule has 160 valence electrons. The van der Waals surface area contributed by atoms with E-state index in [2.05, 4.69) is 40.7 Å². The molecular weight excluding hydrogens is 340 g/mol. The van der Waals surface area contributed by atoms with Crippen LogP contribution in [0.15, 0.2) is 11.6 Å². The van der Waals surface area contributed by atoms with Crippen molar-refractivity contribution in [2.24, 2.45) is 52.8 Å². The molecule has 0 heterocycles. The number of hydrogen-bond acceptors (Lipinski definition) is 1. The van der Waals surface area contributed by atoms with Crippen LogP contribution in [0.1, 0.15) is 98.8 Å². The molecule has 3 fully saturated rings. The molecule has 0 saturated heterocycles. The molecule has 0 bridgehead atoms. The molecular formula is C27H46O. The minimum absolute atomic E-state index is 0.0331. The van der Waals surface area contributed by atoms with E-state index in [1.807, 2.05) is 5.57 Å². The van der Waals surface area contributed by atoms with Crippen LogP contribution in [0, 0.1) is 52.8 Å². The molecule has 4 aliphatic rings. The summed E-state index contributed by atoms with van der Waals surface area (Å²) in [5.74, 6) is 7.02. The zero-order valence-corrected chi connectivity index (χ0v) is 19.3. The Balaban J connectivity index is 1.44. The minimum Gasteiger partial charge on any atom is -0.393 e. The van der Waals surface area contributed by atoms with Gasteiger partial charge in [0.05, 0.1) is 6.10 Å². The summed E-state index contributed by atoms with van der Waals surface area (Å²) in [6.07, 6.45) is 16.0. The second-order valence-corrected chi connectivity index (χ2v) is 12.0. The molecule has 4 rings (SSSR count). The molecule has 0 spiro atoms. The maximum Gasteiger partial charge on any atom is 0.0543 e. The van der Waals surface area contributed by atoms with Gasteiger partial charge in [-0.15, -0.1) is 0 Å². The summed E-state index contributed by atoms with van der Waals surface area (Å²) in [5, 5.41) is 10.2. The zero-order chi connectivity index (χ0) is 20.1. The average Bonchev–Trinajstić information content (AvgIpc) is 3.10. The second-order valence-electron chi connectivity index (χ2n) is 12.0. The van der Waals surface area contributed by atoms with Crippen molar-refractivity contribution in [3.05, 3.63) is 11.6 Å². The van der Waals surface area contributed by atoms with Crippen LogP contribution in [-0.4, -0.2) is 11.2 Å². The van der Waals surface area contributed by atoms with Crippen molar-refractivity contribution in [1.82, 2.24) is 0 Å². The molecule has 4 aliphatic carbocycles. The predicted molar refractivity (Wildman–Crippen MR) is 119 cm³/mol.